The van der Waals surface area contributed by atoms with Gasteiger partial charge in [-0.2, -0.15) is 11.8 Å². The van der Waals surface area contributed by atoms with Crippen molar-refractivity contribution in [3.63, 3.8) is 0 Å². The highest BCUT2D eigenvalue weighted by atomic mass is 32.2. The first-order valence-corrected chi connectivity index (χ1v) is 6.35. The van der Waals surface area contributed by atoms with Gasteiger partial charge in [0.05, 0.1) is 7.11 Å². The van der Waals surface area contributed by atoms with E-state index in [9.17, 15) is 0 Å². The summed E-state index contributed by atoms with van der Waals surface area (Å²) in [4.78, 5) is 0. The Kier molecular flexibility index (Phi) is 3.54. The molecule has 1 fully saturated rings. The molecular formula is C12H17NOS. The molecule has 2 nitrogen and oxygen atoms in total. The van der Waals surface area contributed by atoms with Gasteiger partial charge in [-0.25, -0.2) is 0 Å². The number of methoxy groups -OCH3 is 1. The number of nitrogens with one attached hydrogen (secondary N) is 1. The normalized spacial score (nSPS) is 26.3. The van der Waals surface area contributed by atoms with Crippen LogP contribution < -0.4 is 10.1 Å². The van der Waals surface area contributed by atoms with Crippen molar-refractivity contribution < 1.29 is 4.74 Å². The molecule has 82 valence electrons. The fraction of sp³-hybridized carbons (Fsp3) is 0.500. The molecule has 2 atom stereocenters. The first-order chi connectivity index (χ1) is 7.31. The highest BCUT2D eigenvalue weighted by Crippen LogP contribution is 2.30. The molecule has 3 heteroatoms. The largest absolute Gasteiger partial charge is 0.497 e. The van der Waals surface area contributed by atoms with E-state index < -0.39 is 0 Å². The lowest BCUT2D eigenvalue weighted by Crippen LogP contribution is -2.35. The number of hydrogen-bond donors (Lipinski definition) is 1. The van der Waals surface area contributed by atoms with Gasteiger partial charge in [0.15, 0.2) is 0 Å². The van der Waals surface area contributed by atoms with E-state index in [2.05, 4.69) is 24.4 Å². The predicted molar refractivity (Wildman–Crippen MR) is 65.7 cm³/mol. The van der Waals surface area contributed by atoms with Gasteiger partial charge in [-0.1, -0.05) is 19.1 Å². The Labute approximate surface area is 95.4 Å². The number of rotatable bonds is 2. The molecule has 0 amide bonds. The van der Waals surface area contributed by atoms with Crippen LogP contribution in [0.3, 0.4) is 0 Å². The maximum absolute atomic E-state index is 5.16. The summed E-state index contributed by atoms with van der Waals surface area (Å²) in [6.07, 6.45) is 0. The Morgan fingerprint density at radius 1 is 1.33 bits per heavy atom. The van der Waals surface area contributed by atoms with Gasteiger partial charge in [0.25, 0.3) is 0 Å². The molecule has 2 rings (SSSR count). The molecule has 1 aromatic carbocycles. The van der Waals surface area contributed by atoms with Crippen LogP contribution >= 0.6 is 11.8 Å². The quantitative estimate of drug-likeness (QED) is 0.832. The van der Waals surface area contributed by atoms with Crippen LogP contribution in [0.25, 0.3) is 0 Å². The molecule has 0 bridgehead atoms. The lowest BCUT2D eigenvalue weighted by Gasteiger charge is -2.30. The summed E-state index contributed by atoms with van der Waals surface area (Å²) < 4.78 is 5.16. The van der Waals surface area contributed by atoms with Crippen molar-refractivity contribution in [3.8, 4) is 5.75 Å². The van der Waals surface area contributed by atoms with Crippen molar-refractivity contribution in [3.05, 3.63) is 29.8 Å². The van der Waals surface area contributed by atoms with Gasteiger partial charge in [0.1, 0.15) is 5.75 Å². The lowest BCUT2D eigenvalue weighted by atomic mass is 10.0. The fourth-order valence-electron chi connectivity index (χ4n) is 1.92. The third-order valence-corrected chi connectivity index (χ3v) is 4.03. The summed E-state index contributed by atoms with van der Waals surface area (Å²) in [7, 11) is 1.70. The Morgan fingerprint density at radius 2 is 2.07 bits per heavy atom. The number of hydrogen-bond acceptors (Lipinski definition) is 3. The number of thioether (sulfide) groups is 1. The topological polar surface area (TPSA) is 21.3 Å². The van der Waals surface area contributed by atoms with E-state index in [0.717, 1.165) is 12.3 Å². The molecule has 0 aliphatic carbocycles. The van der Waals surface area contributed by atoms with Crippen LogP contribution in [0.4, 0.5) is 0 Å². The fourth-order valence-corrected chi connectivity index (χ4v) is 2.97. The van der Waals surface area contributed by atoms with E-state index in [0.29, 0.717) is 11.3 Å². The molecule has 1 N–H and O–H groups in total. The highest BCUT2D eigenvalue weighted by Gasteiger charge is 2.22. The summed E-state index contributed by atoms with van der Waals surface area (Å²) in [5.74, 6) is 2.14. The van der Waals surface area contributed by atoms with E-state index >= 15 is 0 Å². The van der Waals surface area contributed by atoms with Crippen molar-refractivity contribution in [1.82, 2.24) is 5.32 Å². The van der Waals surface area contributed by atoms with Gasteiger partial charge < -0.3 is 10.1 Å². The minimum atomic E-state index is 0.481. The molecular weight excluding hydrogens is 206 g/mol. The zero-order valence-corrected chi connectivity index (χ0v) is 10.0. The Bertz CT molecular complexity index is 312. The van der Waals surface area contributed by atoms with Crippen molar-refractivity contribution in [1.29, 1.82) is 0 Å². The Morgan fingerprint density at radius 3 is 2.67 bits per heavy atom. The summed E-state index contributed by atoms with van der Waals surface area (Å²) in [5, 5.41) is 4.21. The molecule has 0 aromatic heterocycles. The average Bonchev–Trinajstić information content (AvgIpc) is 2.30. The van der Waals surface area contributed by atoms with Crippen LogP contribution in [0.1, 0.15) is 18.5 Å². The van der Waals surface area contributed by atoms with Gasteiger partial charge >= 0.3 is 0 Å². The molecule has 0 spiro atoms. The Balaban J connectivity index is 2.13. The van der Waals surface area contributed by atoms with E-state index in [1.807, 2.05) is 23.9 Å². The van der Waals surface area contributed by atoms with E-state index in [-0.39, 0.29) is 0 Å². The summed E-state index contributed by atoms with van der Waals surface area (Å²) in [6, 6.07) is 8.85. The molecule has 2 unspecified atom stereocenters. The third-order valence-electron chi connectivity index (χ3n) is 2.79. The molecule has 1 aliphatic rings. The summed E-state index contributed by atoms with van der Waals surface area (Å²) >= 11 is 2.04. The van der Waals surface area contributed by atoms with Gasteiger partial charge in [-0.15, -0.1) is 0 Å². The van der Waals surface area contributed by atoms with Gasteiger partial charge in [-0.3, -0.25) is 0 Å². The molecule has 1 aromatic rings. The van der Waals surface area contributed by atoms with Crippen LogP contribution in [0.2, 0.25) is 0 Å². The smallest absolute Gasteiger partial charge is 0.118 e. The molecule has 1 saturated heterocycles. The van der Waals surface area contributed by atoms with Gasteiger partial charge in [0.2, 0.25) is 0 Å². The second kappa shape index (κ2) is 4.90. The van der Waals surface area contributed by atoms with Crippen LogP contribution in [0.15, 0.2) is 24.3 Å². The molecule has 15 heavy (non-hydrogen) atoms. The van der Waals surface area contributed by atoms with Crippen LogP contribution in [-0.4, -0.2) is 24.7 Å². The van der Waals surface area contributed by atoms with Crippen LogP contribution in [0.5, 0.6) is 5.75 Å². The van der Waals surface area contributed by atoms with E-state index in [4.69, 9.17) is 4.74 Å². The predicted octanol–water partition coefficient (Wildman–Crippen LogP) is 2.46. The number of benzene rings is 1. The standard InChI is InChI=1S/C12H17NOS/c1-9-12(13-7-8-15-9)10-3-5-11(14-2)6-4-10/h3-6,9,12-13H,7-8H2,1-2H3. The van der Waals surface area contributed by atoms with Crippen molar-refractivity contribution in [2.75, 3.05) is 19.4 Å². The van der Waals surface area contributed by atoms with Crippen LogP contribution in [0, 0.1) is 0 Å². The maximum atomic E-state index is 5.16. The molecule has 0 saturated carbocycles. The van der Waals surface area contributed by atoms with Gasteiger partial charge in [0, 0.05) is 23.6 Å². The first kappa shape index (κ1) is 10.8. The summed E-state index contributed by atoms with van der Waals surface area (Å²) in [6.45, 7) is 3.39. The van der Waals surface area contributed by atoms with Crippen molar-refractivity contribution in [2.45, 2.75) is 18.2 Å². The Hall–Kier alpha value is -0.670. The zero-order valence-electron chi connectivity index (χ0n) is 9.19. The molecule has 1 aliphatic heterocycles. The highest BCUT2D eigenvalue weighted by molar-refractivity contribution is 8.00. The maximum Gasteiger partial charge on any atom is 0.118 e. The van der Waals surface area contributed by atoms with Crippen molar-refractivity contribution in [2.24, 2.45) is 0 Å². The summed E-state index contributed by atoms with van der Waals surface area (Å²) in [5.41, 5.74) is 1.36. The van der Waals surface area contributed by atoms with Crippen LogP contribution in [-0.2, 0) is 0 Å². The first-order valence-electron chi connectivity index (χ1n) is 5.30. The third kappa shape index (κ3) is 2.47. The SMILES string of the molecule is COc1ccc(C2NCCSC2C)cc1. The molecule has 0 radical (unpaired) electrons. The van der Waals surface area contributed by atoms with E-state index in [1.165, 1.54) is 11.3 Å². The number of ether oxygens (including phenoxy) is 1. The average molecular weight is 223 g/mol. The second-order valence-corrected chi connectivity index (χ2v) is 5.27. The molecule has 1 heterocycles. The second-order valence-electron chi connectivity index (χ2n) is 3.78. The monoisotopic (exact) mass is 223 g/mol. The van der Waals surface area contributed by atoms with E-state index in [1.54, 1.807) is 7.11 Å². The lowest BCUT2D eigenvalue weighted by molar-refractivity contribution is 0.414. The van der Waals surface area contributed by atoms with Crippen molar-refractivity contribution >= 4 is 11.8 Å². The minimum absolute atomic E-state index is 0.481. The minimum Gasteiger partial charge on any atom is -0.497 e. The van der Waals surface area contributed by atoms with Gasteiger partial charge in [-0.05, 0) is 17.7 Å². The zero-order chi connectivity index (χ0) is 10.7.